The maximum atomic E-state index is 10.7. The number of nitrogens with zero attached hydrogens (tertiary/aromatic N) is 1. The third-order valence-corrected chi connectivity index (χ3v) is 4.70. The van der Waals surface area contributed by atoms with Crippen LogP contribution in [0.1, 0.15) is 11.9 Å². The molecule has 0 spiro atoms. The Balaban J connectivity index is 1.43. The molecule has 2 fully saturated rings. The van der Waals surface area contributed by atoms with Crippen molar-refractivity contribution in [2.45, 2.75) is 37.0 Å². The van der Waals surface area contributed by atoms with Gasteiger partial charge in [0.15, 0.2) is 6.29 Å². The first-order valence-corrected chi connectivity index (χ1v) is 8.77. The van der Waals surface area contributed by atoms with E-state index in [1.54, 1.807) is 0 Å². The van der Waals surface area contributed by atoms with Crippen molar-refractivity contribution in [2.24, 2.45) is 0 Å². The Labute approximate surface area is 160 Å². The zero-order valence-electron chi connectivity index (χ0n) is 14.7. The average Bonchev–Trinajstić information content (AvgIpc) is 2.72. The number of benzene rings is 2. The molecule has 1 unspecified atom stereocenters. The molecule has 2 aromatic carbocycles. The van der Waals surface area contributed by atoms with Gasteiger partial charge < -0.3 is 29.2 Å². The number of aliphatic hydroxyl groups excluding tert-OH is 2. The van der Waals surface area contributed by atoms with Crippen LogP contribution in [0.3, 0.4) is 0 Å². The van der Waals surface area contributed by atoms with E-state index in [1.165, 1.54) is 24.3 Å². The van der Waals surface area contributed by atoms with E-state index in [0.717, 1.165) is 5.56 Å². The lowest BCUT2D eigenvalue weighted by molar-refractivity contribution is -0.384. The zero-order valence-corrected chi connectivity index (χ0v) is 14.7. The lowest BCUT2D eigenvalue weighted by Gasteiger charge is -2.46. The van der Waals surface area contributed by atoms with Crippen LogP contribution in [-0.2, 0) is 14.2 Å². The molecule has 28 heavy (non-hydrogen) atoms. The molecule has 2 aromatic rings. The van der Waals surface area contributed by atoms with Gasteiger partial charge in [0, 0.05) is 17.7 Å². The first-order valence-electron chi connectivity index (χ1n) is 8.77. The Morgan fingerprint density at radius 1 is 1.00 bits per heavy atom. The predicted octanol–water partition coefficient (Wildman–Crippen LogP) is 1.53. The summed E-state index contributed by atoms with van der Waals surface area (Å²) < 4.78 is 22.8. The summed E-state index contributed by atoms with van der Waals surface area (Å²) in [6.45, 7) is 0.147. The quantitative estimate of drug-likeness (QED) is 0.597. The number of nitro benzene ring substituents is 1. The molecule has 0 amide bonds. The van der Waals surface area contributed by atoms with Crippen LogP contribution >= 0.6 is 0 Å². The van der Waals surface area contributed by atoms with Gasteiger partial charge in [0.2, 0.25) is 6.29 Å². The Bertz CT molecular complexity index is 812. The van der Waals surface area contributed by atoms with Crippen LogP contribution in [0, 0.1) is 10.1 Å². The van der Waals surface area contributed by atoms with Gasteiger partial charge in [0.25, 0.3) is 5.69 Å². The summed E-state index contributed by atoms with van der Waals surface area (Å²) in [5, 5.41) is 31.7. The lowest BCUT2D eigenvalue weighted by atomic mass is 9.98. The van der Waals surface area contributed by atoms with Crippen LogP contribution < -0.4 is 4.74 Å². The van der Waals surface area contributed by atoms with Gasteiger partial charge >= 0.3 is 0 Å². The predicted molar refractivity (Wildman–Crippen MR) is 94.4 cm³/mol. The van der Waals surface area contributed by atoms with E-state index in [9.17, 15) is 20.3 Å². The fourth-order valence-electron chi connectivity index (χ4n) is 3.23. The Kier molecular flexibility index (Phi) is 5.25. The second-order valence-electron chi connectivity index (χ2n) is 6.57. The fraction of sp³-hybridized carbons (Fsp3) is 0.368. The number of nitro groups is 1. The van der Waals surface area contributed by atoms with Crippen molar-refractivity contribution < 1.29 is 34.1 Å². The summed E-state index contributed by atoms with van der Waals surface area (Å²) in [6.07, 6.45) is -5.88. The molecule has 2 aliphatic heterocycles. The molecule has 2 N–H and O–H groups in total. The average molecular weight is 389 g/mol. The van der Waals surface area contributed by atoms with Crippen molar-refractivity contribution in [2.75, 3.05) is 6.61 Å². The van der Waals surface area contributed by atoms with Crippen molar-refractivity contribution in [3.05, 3.63) is 70.3 Å². The minimum Gasteiger partial charge on any atom is -0.462 e. The molecule has 6 atom stereocenters. The summed E-state index contributed by atoms with van der Waals surface area (Å²) >= 11 is 0. The van der Waals surface area contributed by atoms with Gasteiger partial charge in [-0.25, -0.2) is 0 Å². The molecule has 0 bridgehead atoms. The van der Waals surface area contributed by atoms with Crippen molar-refractivity contribution in [1.82, 2.24) is 0 Å². The molecular formula is C19H19NO8. The summed E-state index contributed by atoms with van der Waals surface area (Å²) in [4.78, 5) is 10.2. The van der Waals surface area contributed by atoms with Gasteiger partial charge in [-0.1, -0.05) is 30.3 Å². The number of ether oxygens (including phenoxy) is 4. The number of aliphatic hydroxyl groups is 2. The Morgan fingerprint density at radius 2 is 1.71 bits per heavy atom. The smallest absolute Gasteiger partial charge is 0.269 e. The summed E-state index contributed by atoms with van der Waals surface area (Å²) in [5.74, 6) is 0.264. The summed E-state index contributed by atoms with van der Waals surface area (Å²) in [7, 11) is 0. The highest BCUT2D eigenvalue weighted by molar-refractivity contribution is 5.36. The highest BCUT2D eigenvalue weighted by Gasteiger charge is 2.49. The monoisotopic (exact) mass is 389 g/mol. The number of rotatable bonds is 4. The van der Waals surface area contributed by atoms with Crippen molar-refractivity contribution >= 4 is 5.69 Å². The van der Waals surface area contributed by atoms with Crippen molar-refractivity contribution in [1.29, 1.82) is 0 Å². The van der Waals surface area contributed by atoms with Crippen molar-refractivity contribution in [3.63, 3.8) is 0 Å². The van der Waals surface area contributed by atoms with Crippen LogP contribution in [-0.4, -0.2) is 52.4 Å². The summed E-state index contributed by atoms with van der Waals surface area (Å²) in [6, 6.07) is 14.6. The van der Waals surface area contributed by atoms with Crippen molar-refractivity contribution in [3.8, 4) is 5.75 Å². The normalized spacial score (nSPS) is 32.4. The van der Waals surface area contributed by atoms with Gasteiger partial charge in [-0.3, -0.25) is 10.1 Å². The minimum atomic E-state index is -1.37. The third kappa shape index (κ3) is 3.71. The molecule has 4 rings (SSSR count). The molecule has 0 saturated carbocycles. The number of hydrogen-bond donors (Lipinski definition) is 2. The molecule has 148 valence electrons. The molecule has 2 heterocycles. The minimum absolute atomic E-state index is 0.0846. The second kappa shape index (κ2) is 7.82. The van der Waals surface area contributed by atoms with E-state index in [2.05, 4.69) is 0 Å². The Hall–Kier alpha value is -2.56. The van der Waals surface area contributed by atoms with Crippen LogP contribution in [0.25, 0.3) is 0 Å². The van der Waals surface area contributed by atoms with E-state index < -0.39 is 41.9 Å². The largest absolute Gasteiger partial charge is 0.462 e. The van der Waals surface area contributed by atoms with Gasteiger partial charge in [0.1, 0.15) is 30.2 Å². The molecule has 2 aliphatic rings. The molecule has 0 aromatic heterocycles. The third-order valence-electron chi connectivity index (χ3n) is 4.70. The van der Waals surface area contributed by atoms with Crippen LogP contribution in [0.5, 0.6) is 5.75 Å². The van der Waals surface area contributed by atoms with E-state index in [-0.39, 0.29) is 18.0 Å². The van der Waals surface area contributed by atoms with Crippen LogP contribution in [0.2, 0.25) is 0 Å². The SMILES string of the molecule is O=[N+]([O-])c1ccc(O[C@@H]2O[C@@H]3COC(c4ccccc4)O[C@@H]3[C@H](O)[C@H]2O)cc1. The van der Waals surface area contributed by atoms with E-state index in [0.29, 0.717) is 0 Å². The van der Waals surface area contributed by atoms with Gasteiger partial charge in [0.05, 0.1) is 11.5 Å². The molecule has 9 heteroatoms. The molecule has 0 radical (unpaired) electrons. The zero-order chi connectivity index (χ0) is 19.7. The number of fused-ring (bicyclic) bond motifs is 1. The fourth-order valence-corrected chi connectivity index (χ4v) is 3.23. The molecule has 0 aliphatic carbocycles. The molecular weight excluding hydrogens is 370 g/mol. The van der Waals surface area contributed by atoms with Crippen LogP contribution in [0.4, 0.5) is 5.69 Å². The highest BCUT2D eigenvalue weighted by Crippen LogP contribution is 2.34. The van der Waals surface area contributed by atoms with Gasteiger partial charge in [-0.2, -0.15) is 0 Å². The first-order chi connectivity index (χ1) is 13.5. The second-order valence-corrected chi connectivity index (χ2v) is 6.57. The topological polar surface area (TPSA) is 121 Å². The number of non-ortho nitro benzene ring substituents is 1. The van der Waals surface area contributed by atoms with E-state index in [4.69, 9.17) is 18.9 Å². The highest BCUT2D eigenvalue weighted by atomic mass is 16.8. The lowest BCUT2D eigenvalue weighted by Crippen LogP contribution is -2.62. The van der Waals surface area contributed by atoms with E-state index >= 15 is 0 Å². The maximum absolute atomic E-state index is 10.7. The van der Waals surface area contributed by atoms with Crippen LogP contribution in [0.15, 0.2) is 54.6 Å². The van der Waals surface area contributed by atoms with Gasteiger partial charge in [-0.15, -0.1) is 0 Å². The molecule has 2 saturated heterocycles. The Morgan fingerprint density at radius 3 is 2.39 bits per heavy atom. The maximum Gasteiger partial charge on any atom is 0.269 e. The van der Waals surface area contributed by atoms with Gasteiger partial charge in [-0.05, 0) is 12.1 Å². The number of hydrogen-bond acceptors (Lipinski definition) is 8. The summed E-state index contributed by atoms with van der Waals surface area (Å²) in [5.41, 5.74) is 0.713. The standard InChI is InChI=1S/C19H19NO8/c21-15-16(22)19(26-13-8-6-12(7-9-13)20(23)24)27-14-10-25-18(28-17(14)15)11-4-2-1-3-5-11/h1-9,14-19,21-22H,10H2/t14-,15-,16-,17+,18?,19-/m1/s1. The first kappa shape index (κ1) is 18.8. The van der Waals surface area contributed by atoms with E-state index in [1.807, 2.05) is 30.3 Å². The molecule has 9 nitrogen and oxygen atoms in total.